The van der Waals surface area contributed by atoms with Crippen LogP contribution in [-0.4, -0.2) is 38.2 Å². The van der Waals surface area contributed by atoms with E-state index in [4.69, 9.17) is 4.98 Å². The van der Waals surface area contributed by atoms with Crippen LogP contribution in [0.2, 0.25) is 0 Å². The molecule has 170 valence electrons. The van der Waals surface area contributed by atoms with E-state index in [1.165, 1.54) is 23.7 Å². The standard InChI is InChI=1S/C25H31N3O2S2/c1-6-19-10-12-20(13-11-19)28-24(30)22-17(4)18(5)32-23(22)26-25(28)31-14-21(29)27-15(2)8-7-9-16(27)3/h10-13,15-16H,6-9,14H2,1-5H3/t15-,16-/m0/s1. The lowest BCUT2D eigenvalue weighted by atomic mass is 9.98. The summed E-state index contributed by atoms with van der Waals surface area (Å²) in [5, 5.41) is 1.26. The van der Waals surface area contributed by atoms with Gasteiger partial charge in [0.15, 0.2) is 5.16 Å². The predicted octanol–water partition coefficient (Wildman–Crippen LogP) is 5.51. The average molecular weight is 470 g/mol. The molecule has 0 spiro atoms. The highest BCUT2D eigenvalue weighted by Crippen LogP contribution is 2.30. The second-order valence-corrected chi connectivity index (χ2v) is 10.9. The van der Waals surface area contributed by atoms with Crippen LogP contribution in [0, 0.1) is 13.8 Å². The highest BCUT2D eigenvalue weighted by molar-refractivity contribution is 7.99. The number of nitrogens with zero attached hydrogens (tertiary/aromatic N) is 3. The van der Waals surface area contributed by atoms with E-state index in [0.29, 0.717) is 10.5 Å². The van der Waals surface area contributed by atoms with Crippen molar-refractivity contribution in [2.24, 2.45) is 0 Å². The summed E-state index contributed by atoms with van der Waals surface area (Å²) in [5.74, 6) is 0.402. The molecule has 0 radical (unpaired) electrons. The zero-order chi connectivity index (χ0) is 23.0. The van der Waals surface area contributed by atoms with Gasteiger partial charge < -0.3 is 4.90 Å². The van der Waals surface area contributed by atoms with E-state index in [1.807, 2.05) is 43.0 Å². The molecule has 1 aliphatic rings. The molecule has 0 unspecified atom stereocenters. The molecule has 32 heavy (non-hydrogen) atoms. The first kappa shape index (κ1) is 23.1. The molecule has 2 atom stereocenters. The number of fused-ring (bicyclic) bond motifs is 1. The van der Waals surface area contributed by atoms with Crippen molar-refractivity contribution in [3.8, 4) is 5.69 Å². The molecule has 5 nitrogen and oxygen atoms in total. The van der Waals surface area contributed by atoms with Crippen LogP contribution in [0.15, 0.2) is 34.2 Å². The number of rotatable bonds is 5. The summed E-state index contributed by atoms with van der Waals surface area (Å²) in [4.78, 5) is 35.5. The van der Waals surface area contributed by atoms with Crippen molar-refractivity contribution in [2.75, 3.05) is 5.75 Å². The van der Waals surface area contributed by atoms with Gasteiger partial charge >= 0.3 is 0 Å². The zero-order valence-corrected chi connectivity index (χ0v) is 21.1. The van der Waals surface area contributed by atoms with E-state index in [9.17, 15) is 9.59 Å². The molecule has 4 rings (SSSR count). The summed E-state index contributed by atoms with van der Waals surface area (Å²) in [7, 11) is 0. The fraction of sp³-hybridized carbons (Fsp3) is 0.480. The van der Waals surface area contributed by atoms with Gasteiger partial charge in [-0.3, -0.25) is 14.2 Å². The van der Waals surface area contributed by atoms with Crippen LogP contribution in [0.1, 0.15) is 56.0 Å². The Labute approximate surface area is 197 Å². The third-order valence-electron chi connectivity index (χ3n) is 6.58. The van der Waals surface area contributed by atoms with E-state index < -0.39 is 0 Å². The quantitative estimate of drug-likeness (QED) is 0.365. The van der Waals surface area contributed by atoms with Gasteiger partial charge in [0.1, 0.15) is 4.83 Å². The van der Waals surface area contributed by atoms with Crippen LogP contribution < -0.4 is 5.56 Å². The average Bonchev–Trinajstić information content (AvgIpc) is 3.06. The molecule has 3 heterocycles. The SMILES string of the molecule is CCc1ccc(-n2c(SCC(=O)N3[C@@H](C)CCC[C@@H]3C)nc3sc(C)c(C)c3c2=O)cc1. The molecular weight excluding hydrogens is 438 g/mol. The van der Waals surface area contributed by atoms with Crippen LogP contribution in [-0.2, 0) is 11.2 Å². The number of carbonyl (C=O) groups is 1. The third-order valence-corrected chi connectivity index (χ3v) is 8.61. The lowest BCUT2D eigenvalue weighted by Crippen LogP contribution is -2.48. The second-order valence-electron chi connectivity index (χ2n) is 8.74. The lowest BCUT2D eigenvalue weighted by molar-refractivity contribution is -0.134. The minimum Gasteiger partial charge on any atom is -0.337 e. The van der Waals surface area contributed by atoms with Gasteiger partial charge in [-0.15, -0.1) is 11.3 Å². The van der Waals surface area contributed by atoms with Crippen LogP contribution in [0.25, 0.3) is 15.9 Å². The van der Waals surface area contributed by atoms with Crippen LogP contribution in [0.4, 0.5) is 0 Å². The second kappa shape index (κ2) is 9.40. The minimum absolute atomic E-state index is 0.0595. The number of aryl methyl sites for hydroxylation is 3. The van der Waals surface area contributed by atoms with Gasteiger partial charge in [-0.2, -0.15) is 0 Å². The van der Waals surface area contributed by atoms with Crippen molar-refractivity contribution in [2.45, 2.75) is 77.5 Å². The predicted molar refractivity (Wildman–Crippen MR) is 134 cm³/mol. The van der Waals surface area contributed by atoms with Crippen molar-refractivity contribution >= 4 is 39.2 Å². The first-order valence-electron chi connectivity index (χ1n) is 11.4. The molecule has 2 aromatic heterocycles. The van der Waals surface area contributed by atoms with Crippen molar-refractivity contribution in [1.82, 2.24) is 14.5 Å². The number of amides is 1. The van der Waals surface area contributed by atoms with Crippen LogP contribution >= 0.6 is 23.1 Å². The number of likely N-dealkylation sites (tertiary alicyclic amines) is 1. The molecule has 1 amide bonds. The number of benzene rings is 1. The van der Waals surface area contributed by atoms with Gasteiger partial charge in [0.05, 0.1) is 16.8 Å². The Balaban J connectivity index is 1.74. The third kappa shape index (κ3) is 4.25. The Hall–Kier alpha value is -2.12. The number of thiophene rings is 1. The highest BCUT2D eigenvalue weighted by Gasteiger charge is 2.29. The van der Waals surface area contributed by atoms with Gasteiger partial charge in [0.2, 0.25) is 5.91 Å². The Morgan fingerprint density at radius 3 is 2.44 bits per heavy atom. The molecule has 3 aromatic rings. The summed E-state index contributed by atoms with van der Waals surface area (Å²) >= 11 is 2.92. The summed E-state index contributed by atoms with van der Waals surface area (Å²) < 4.78 is 1.68. The van der Waals surface area contributed by atoms with Crippen LogP contribution in [0.3, 0.4) is 0 Å². The van der Waals surface area contributed by atoms with Crippen LogP contribution in [0.5, 0.6) is 0 Å². The maximum Gasteiger partial charge on any atom is 0.267 e. The van der Waals surface area contributed by atoms with Gasteiger partial charge in [-0.25, -0.2) is 4.98 Å². The maximum atomic E-state index is 13.6. The van der Waals surface area contributed by atoms with Crippen molar-refractivity contribution < 1.29 is 4.79 Å². The minimum atomic E-state index is -0.0595. The van der Waals surface area contributed by atoms with Crippen molar-refractivity contribution in [1.29, 1.82) is 0 Å². The molecule has 0 bridgehead atoms. The fourth-order valence-electron chi connectivity index (χ4n) is 4.59. The zero-order valence-electron chi connectivity index (χ0n) is 19.5. The summed E-state index contributed by atoms with van der Waals surface area (Å²) in [6.45, 7) is 10.4. The molecule has 7 heteroatoms. The summed E-state index contributed by atoms with van der Waals surface area (Å²) in [6.07, 6.45) is 4.21. The molecule has 1 aliphatic heterocycles. The summed E-state index contributed by atoms with van der Waals surface area (Å²) in [5.41, 5.74) is 2.94. The van der Waals surface area contributed by atoms with Gasteiger partial charge in [0.25, 0.3) is 5.56 Å². The van der Waals surface area contributed by atoms with E-state index in [-0.39, 0.29) is 29.3 Å². The van der Waals surface area contributed by atoms with Crippen molar-refractivity contribution in [3.05, 3.63) is 50.6 Å². The lowest BCUT2D eigenvalue weighted by Gasteiger charge is -2.39. The Kier molecular flexibility index (Phi) is 6.77. The molecule has 1 fully saturated rings. The fourth-order valence-corrected chi connectivity index (χ4v) is 6.55. The maximum absolute atomic E-state index is 13.6. The number of carbonyl (C=O) groups excluding carboxylic acids is 1. The molecular formula is C25H31N3O2S2. The monoisotopic (exact) mass is 469 g/mol. The summed E-state index contributed by atoms with van der Waals surface area (Å²) in [6, 6.07) is 8.57. The molecule has 1 aromatic carbocycles. The van der Waals surface area contributed by atoms with E-state index in [1.54, 1.807) is 15.9 Å². The molecule has 1 saturated heterocycles. The largest absolute Gasteiger partial charge is 0.337 e. The first-order chi connectivity index (χ1) is 15.3. The number of thioether (sulfide) groups is 1. The van der Waals surface area contributed by atoms with Gasteiger partial charge in [0, 0.05) is 17.0 Å². The van der Waals surface area contributed by atoms with E-state index in [0.717, 1.165) is 40.2 Å². The molecule has 0 N–H and O–H groups in total. The number of piperidine rings is 1. The Morgan fingerprint density at radius 2 is 1.81 bits per heavy atom. The molecule has 0 saturated carbocycles. The van der Waals surface area contributed by atoms with Gasteiger partial charge in [-0.1, -0.05) is 30.8 Å². The number of aromatic nitrogens is 2. The Bertz CT molecular complexity index is 1190. The van der Waals surface area contributed by atoms with Gasteiger partial charge in [-0.05, 0) is 76.6 Å². The first-order valence-corrected chi connectivity index (χ1v) is 13.2. The number of hydrogen-bond donors (Lipinski definition) is 0. The Morgan fingerprint density at radius 1 is 1.16 bits per heavy atom. The topological polar surface area (TPSA) is 55.2 Å². The van der Waals surface area contributed by atoms with E-state index in [2.05, 4.69) is 20.8 Å². The smallest absolute Gasteiger partial charge is 0.267 e. The van der Waals surface area contributed by atoms with E-state index >= 15 is 0 Å². The van der Waals surface area contributed by atoms with Crippen molar-refractivity contribution in [3.63, 3.8) is 0 Å². The molecule has 0 aliphatic carbocycles. The normalized spacial score (nSPS) is 19.0. The highest BCUT2D eigenvalue weighted by atomic mass is 32.2. The number of hydrogen-bond acceptors (Lipinski definition) is 5.